The number of pyridine rings is 5. The Bertz CT molecular complexity index is 5940. The molecule has 124 heavy (non-hydrogen) atoms. The zero-order chi connectivity index (χ0) is 84.5. The molecule has 634 valence electrons. The van der Waals surface area contributed by atoms with Gasteiger partial charge in [0.15, 0.2) is 11.6 Å². The Kier molecular flexibility index (Phi) is 38.3. The van der Waals surface area contributed by atoms with Crippen LogP contribution in [0.4, 0.5) is 0 Å². The van der Waals surface area contributed by atoms with E-state index in [9.17, 15) is 9.59 Å². The molecule has 4 radical (unpaired) electrons. The SMILES string of the molecule is CC(=O)C=C(C)O.CC(=O)C=C(C)O.CC(C)Cc1cc(-c2[c-]cccc2)ncc1[Si](C)(C)C.Cc1cccc(C)c1-c1cc2cc(-c3[c-]cccc3)ncc2s1.[Ir].[Ir].[Ir].[Ir].[c-]1ccccc1-c1cc2cc(-c3ccccc3)sc2cn1.[c-]1ccccc1-c1cc2oc(-c3ccccc3)cc2cn1.[c-]1ccccc1-c1cc2oc(-c3ccccc3)cc2cn1. The molecule has 2 N–H and O–H groups in total. The van der Waals surface area contributed by atoms with Gasteiger partial charge in [0.1, 0.15) is 22.7 Å². The second-order valence-corrected chi connectivity index (χ2v) is 37.2. The molecule has 0 aliphatic carbocycles. The quantitative estimate of drug-likeness (QED) is 0.0461. The van der Waals surface area contributed by atoms with Crippen molar-refractivity contribution in [3.8, 4) is 99.8 Å². The number of rotatable bonds is 14. The van der Waals surface area contributed by atoms with Gasteiger partial charge in [0.25, 0.3) is 0 Å². The van der Waals surface area contributed by atoms with Gasteiger partial charge in [0.05, 0.1) is 29.0 Å². The summed E-state index contributed by atoms with van der Waals surface area (Å²) in [6, 6.07) is 112. The second kappa shape index (κ2) is 48.3. The molecule has 0 aliphatic rings. The van der Waals surface area contributed by atoms with Crippen LogP contribution in [0.3, 0.4) is 0 Å². The molecule has 18 heteroatoms. The molecular weight excluding hydrogens is 2300 g/mol. The first-order chi connectivity index (χ1) is 58.0. The topological polar surface area (TPSA) is 165 Å². The van der Waals surface area contributed by atoms with E-state index < -0.39 is 8.07 Å². The monoisotopic (exact) mass is 2390 g/mol. The number of carbonyl (C=O) groups is 2. The number of allylic oxidation sites excluding steroid dienone is 4. The third kappa shape index (κ3) is 28.2. The first-order valence-corrected chi connectivity index (χ1v) is 44.6. The Balaban J connectivity index is 0.000000184. The number of aromatic nitrogens is 5. The fourth-order valence-electron chi connectivity index (χ4n) is 13.2. The molecule has 9 aromatic carbocycles. The third-order valence-corrected chi connectivity index (χ3v) is 23.0. The zero-order valence-electron chi connectivity index (χ0n) is 70.4. The number of nitrogens with zero attached hydrogens (tertiary/aromatic N) is 5. The molecule has 0 aliphatic heterocycles. The number of hydrogen-bond acceptors (Lipinski definition) is 13. The van der Waals surface area contributed by atoms with Gasteiger partial charge in [-0.2, -0.15) is 0 Å². The third-order valence-electron chi connectivity index (χ3n) is 18.7. The predicted molar refractivity (Wildman–Crippen MR) is 500 cm³/mol. The molecule has 18 aromatic rings. The van der Waals surface area contributed by atoms with E-state index in [1.54, 1.807) is 11.3 Å². The molecule has 0 amide bonds. The van der Waals surface area contributed by atoms with Gasteiger partial charge in [-0.25, -0.2) is 0 Å². The minimum atomic E-state index is -1.34. The number of aryl methyl sites for hydroxylation is 2. The Morgan fingerprint density at radius 1 is 0.387 bits per heavy atom. The molecule has 0 saturated carbocycles. The summed E-state index contributed by atoms with van der Waals surface area (Å²) >= 11 is 3.59. The van der Waals surface area contributed by atoms with Crippen LogP contribution >= 0.6 is 22.7 Å². The number of aliphatic hydroxyl groups excluding tert-OH is 2. The summed E-state index contributed by atoms with van der Waals surface area (Å²) in [5, 5.41) is 22.7. The van der Waals surface area contributed by atoms with Gasteiger partial charge >= 0.3 is 0 Å². The molecule has 0 bridgehead atoms. The van der Waals surface area contributed by atoms with Gasteiger partial charge < -0.3 is 44.0 Å². The molecule has 11 nitrogen and oxygen atoms in total. The van der Waals surface area contributed by atoms with E-state index in [1.165, 1.54) is 103 Å². The maximum atomic E-state index is 10.0. The van der Waals surface area contributed by atoms with Crippen molar-refractivity contribution in [3.05, 3.63) is 387 Å². The second-order valence-electron chi connectivity index (χ2n) is 30.0. The normalized spacial score (nSPS) is 10.8. The Morgan fingerprint density at radius 2 is 0.718 bits per heavy atom. The number of fused-ring (bicyclic) bond motifs is 4. The number of hydrogen-bond donors (Lipinski definition) is 2. The standard InChI is InChI=1S/C21H16NS.2C19H12NO.C19H12NS.C18H24NSi.2C5H8O2.4Ir/c1-14-7-6-8-15(2)21(14)19-12-17-11-18(22-13-20(17)23-19)16-9-4-3-5-10-16;2*1-3-7-14(8-4-1)17-12-19-16(13-20-17)11-18(21-19)15-9-5-2-6-10-15;1-3-7-14(8-4-1)17-11-16-12-18(21-19(16)13-20-17)15-9-5-2-6-10-15;1-14(2)11-16-12-17(15-9-7-6-8-10-15)19-13-18(16)20(3,4)5;2*1-4(6)3-5(2)7;;;;/h3-9,11-13H,1-2H3;3*1-7,9-13H;6-9,12-14H,11H2,1-5H3;2*3,6H,1-2H3;;;;/q5*-1;;;;;;. The summed E-state index contributed by atoms with van der Waals surface area (Å²) < 4.78 is 14.4. The first-order valence-electron chi connectivity index (χ1n) is 39.5. The summed E-state index contributed by atoms with van der Waals surface area (Å²) in [6.07, 6.45) is 13.2. The van der Waals surface area contributed by atoms with Crippen molar-refractivity contribution in [2.75, 3.05) is 0 Å². The largest absolute Gasteiger partial charge is 0.512 e. The Labute approximate surface area is 790 Å². The number of aliphatic hydroxyl groups is 2. The summed E-state index contributed by atoms with van der Waals surface area (Å²) in [7, 11) is -1.34. The molecule has 9 aromatic heterocycles. The van der Waals surface area contributed by atoms with Gasteiger partial charge in [-0.1, -0.05) is 166 Å². The van der Waals surface area contributed by atoms with Gasteiger partial charge in [-0.3, -0.25) is 9.59 Å². The van der Waals surface area contributed by atoms with E-state index in [1.807, 2.05) is 242 Å². The van der Waals surface area contributed by atoms with E-state index in [0.29, 0.717) is 5.92 Å². The fraction of sp³-hybridized carbons (Fsp3) is 0.123. The van der Waals surface area contributed by atoms with Crippen LogP contribution in [0.5, 0.6) is 0 Å². The first kappa shape index (κ1) is 98.4. The van der Waals surface area contributed by atoms with Crippen LogP contribution in [-0.2, 0) is 96.4 Å². The number of carbonyl (C=O) groups excluding carboxylic acids is 2. The fourth-order valence-corrected chi connectivity index (χ4v) is 17.0. The molecule has 9 heterocycles. The van der Waals surface area contributed by atoms with Gasteiger partial charge in [0.2, 0.25) is 0 Å². The smallest absolute Gasteiger partial charge is 0.155 e. The van der Waals surface area contributed by atoms with Crippen LogP contribution in [0.15, 0.2) is 349 Å². The van der Waals surface area contributed by atoms with Crippen LogP contribution < -0.4 is 5.19 Å². The number of ketones is 2. The predicted octanol–water partition coefficient (Wildman–Crippen LogP) is 27.8. The average molecular weight is 2390 g/mol. The number of benzene rings is 9. The van der Waals surface area contributed by atoms with Gasteiger partial charge in [0, 0.05) is 155 Å². The van der Waals surface area contributed by atoms with Crippen molar-refractivity contribution in [2.24, 2.45) is 5.92 Å². The Morgan fingerprint density at radius 3 is 1.06 bits per heavy atom. The van der Waals surface area contributed by atoms with Crippen LogP contribution in [-0.4, -0.2) is 54.8 Å². The van der Waals surface area contributed by atoms with Crippen molar-refractivity contribution in [3.63, 3.8) is 0 Å². The van der Waals surface area contributed by atoms with Crippen molar-refractivity contribution in [2.45, 2.75) is 81.5 Å². The van der Waals surface area contributed by atoms with Crippen LogP contribution in [0.25, 0.3) is 142 Å². The molecule has 18 rings (SSSR count). The molecule has 0 atom stereocenters. The van der Waals surface area contributed by atoms with Gasteiger partial charge in [-0.05, 0) is 157 Å². The molecule has 0 spiro atoms. The molecule has 0 saturated heterocycles. The van der Waals surface area contributed by atoms with E-state index in [-0.39, 0.29) is 104 Å². The van der Waals surface area contributed by atoms with Gasteiger partial charge in [-0.15, -0.1) is 202 Å². The van der Waals surface area contributed by atoms with Crippen LogP contribution in [0.2, 0.25) is 19.6 Å². The van der Waals surface area contributed by atoms with Crippen molar-refractivity contribution < 1.29 is 109 Å². The Hall–Kier alpha value is -11.0. The minimum Gasteiger partial charge on any atom is -0.512 e. The minimum absolute atomic E-state index is 0. The molecular formula is C106H92Ir4N5O6S2Si-5. The van der Waals surface area contributed by atoms with E-state index in [4.69, 9.17) is 19.0 Å². The zero-order valence-corrected chi connectivity index (χ0v) is 82.6. The molecule has 0 unspecified atom stereocenters. The van der Waals surface area contributed by atoms with E-state index in [0.717, 1.165) is 107 Å². The molecule has 0 fully saturated rings. The van der Waals surface area contributed by atoms with Crippen molar-refractivity contribution >= 4 is 89.6 Å². The summed E-state index contributed by atoms with van der Waals surface area (Å²) in [5.41, 5.74) is 20.4. The maximum absolute atomic E-state index is 10.0. The van der Waals surface area contributed by atoms with E-state index >= 15 is 0 Å². The van der Waals surface area contributed by atoms with Crippen LogP contribution in [0, 0.1) is 50.1 Å². The average Bonchev–Trinajstić information content (AvgIpc) is 1.59. The maximum Gasteiger partial charge on any atom is 0.155 e. The van der Waals surface area contributed by atoms with Crippen molar-refractivity contribution in [1.29, 1.82) is 0 Å². The number of furan rings is 2. The summed E-state index contributed by atoms with van der Waals surface area (Å²) in [4.78, 5) is 45.5. The summed E-state index contributed by atoms with van der Waals surface area (Å²) in [6.45, 7) is 21.8. The van der Waals surface area contributed by atoms with Crippen molar-refractivity contribution in [1.82, 2.24) is 24.9 Å². The van der Waals surface area contributed by atoms with Crippen LogP contribution in [0.1, 0.15) is 58.2 Å². The summed E-state index contributed by atoms with van der Waals surface area (Å²) in [5.74, 6) is 2.27. The van der Waals surface area contributed by atoms with E-state index in [2.05, 4.69) is 188 Å². The number of thiophene rings is 2.